The zero-order chi connectivity index (χ0) is 32.1. The zero-order valence-electron chi connectivity index (χ0n) is 24.0. The number of nitro benzene ring substituents is 2. The number of hydrogen-bond acceptors (Lipinski definition) is 15. The Labute approximate surface area is 253 Å². The molecule has 1 aliphatic rings. The number of carbonyl (C=O) groups is 1. The number of nitro groups is 2. The van der Waals surface area contributed by atoms with Crippen molar-refractivity contribution in [2.45, 2.75) is 26.3 Å². The van der Waals surface area contributed by atoms with Crippen molar-refractivity contribution in [1.29, 1.82) is 0 Å². The highest BCUT2D eigenvalue weighted by molar-refractivity contribution is 5.94. The Morgan fingerprint density at radius 3 is 2.56 bits per heavy atom. The fourth-order valence-electron chi connectivity index (χ4n) is 4.59. The molecular formula is C26H27N11O8. The van der Waals surface area contributed by atoms with Gasteiger partial charge in [-0.1, -0.05) is 12.1 Å². The van der Waals surface area contributed by atoms with Gasteiger partial charge >= 0.3 is 5.69 Å². The summed E-state index contributed by atoms with van der Waals surface area (Å²) >= 11 is 0. The largest absolute Gasteiger partial charge is 0.493 e. The van der Waals surface area contributed by atoms with E-state index in [4.69, 9.17) is 19.8 Å². The summed E-state index contributed by atoms with van der Waals surface area (Å²) in [5.74, 6) is 0.135. The molecule has 0 radical (unpaired) electrons. The van der Waals surface area contributed by atoms with Crippen LogP contribution in [0.2, 0.25) is 0 Å². The van der Waals surface area contributed by atoms with Crippen molar-refractivity contribution in [2.24, 2.45) is 11.0 Å². The second-order valence-electron chi connectivity index (χ2n) is 10.1. The number of nitrogens with two attached hydrogens (primary N) is 1. The van der Waals surface area contributed by atoms with Crippen molar-refractivity contribution in [1.82, 2.24) is 35.6 Å². The van der Waals surface area contributed by atoms with Gasteiger partial charge in [0.15, 0.2) is 17.2 Å². The second-order valence-corrected chi connectivity index (χ2v) is 10.1. The molecule has 2 aromatic carbocycles. The maximum absolute atomic E-state index is 13.2. The van der Waals surface area contributed by atoms with Gasteiger partial charge < -0.3 is 15.2 Å². The molecule has 3 heterocycles. The number of nitrogens with zero attached hydrogens (tertiary/aromatic N) is 9. The van der Waals surface area contributed by atoms with Gasteiger partial charge in [0.2, 0.25) is 17.4 Å². The summed E-state index contributed by atoms with van der Waals surface area (Å²) in [6.45, 7) is 4.21. The number of aromatic nitrogens is 5. The van der Waals surface area contributed by atoms with Crippen molar-refractivity contribution in [3.05, 3.63) is 73.6 Å². The first kappa shape index (κ1) is 30.5. The van der Waals surface area contributed by atoms with Crippen LogP contribution in [0.25, 0.3) is 5.82 Å². The Morgan fingerprint density at radius 2 is 1.89 bits per heavy atom. The third kappa shape index (κ3) is 6.82. The van der Waals surface area contributed by atoms with Gasteiger partial charge in [-0.15, -0.1) is 5.10 Å². The minimum atomic E-state index is -0.785. The third-order valence-corrected chi connectivity index (χ3v) is 7.06. The summed E-state index contributed by atoms with van der Waals surface area (Å²) in [7, 11) is 1.36. The lowest BCUT2D eigenvalue weighted by molar-refractivity contribution is -0.394. The van der Waals surface area contributed by atoms with Crippen molar-refractivity contribution in [3.63, 3.8) is 0 Å². The molecule has 234 valence electrons. The number of benzene rings is 2. The van der Waals surface area contributed by atoms with Crippen LogP contribution in [0.5, 0.6) is 17.2 Å². The van der Waals surface area contributed by atoms with Crippen molar-refractivity contribution < 1.29 is 28.7 Å². The third-order valence-electron chi connectivity index (χ3n) is 7.06. The topological polar surface area (TPSA) is 245 Å². The van der Waals surface area contributed by atoms with E-state index < -0.39 is 27.1 Å². The molecule has 19 nitrogen and oxygen atoms in total. The Morgan fingerprint density at radius 1 is 1.13 bits per heavy atom. The van der Waals surface area contributed by atoms with Gasteiger partial charge in [-0.25, -0.2) is 10.1 Å². The van der Waals surface area contributed by atoms with Gasteiger partial charge in [0.05, 0.1) is 34.9 Å². The molecule has 0 aliphatic carbocycles. The normalized spacial score (nSPS) is 14.0. The molecule has 1 aliphatic heterocycles. The average Bonchev–Trinajstić information content (AvgIpc) is 3.64. The Kier molecular flexibility index (Phi) is 8.89. The minimum absolute atomic E-state index is 0.0112. The number of rotatable bonds is 11. The van der Waals surface area contributed by atoms with Gasteiger partial charge in [-0.05, 0) is 72.0 Å². The molecule has 5 rings (SSSR count). The molecule has 1 fully saturated rings. The molecule has 1 amide bonds. The van der Waals surface area contributed by atoms with E-state index in [1.54, 1.807) is 6.07 Å². The monoisotopic (exact) mass is 621 g/mol. The maximum atomic E-state index is 13.2. The average molecular weight is 622 g/mol. The number of amides is 1. The van der Waals surface area contributed by atoms with E-state index in [-0.39, 0.29) is 34.6 Å². The Bertz CT molecular complexity index is 1760. The molecule has 4 aromatic rings. The number of hydrogen-bond donors (Lipinski definition) is 2. The number of nitrogen functional groups attached to an aromatic ring is 1. The van der Waals surface area contributed by atoms with E-state index in [1.807, 2.05) is 0 Å². The fraction of sp³-hybridized carbons (Fsp3) is 0.308. The summed E-state index contributed by atoms with van der Waals surface area (Å²) in [5.41, 5.74) is 8.19. The van der Waals surface area contributed by atoms with Crippen LogP contribution in [0.3, 0.4) is 0 Å². The van der Waals surface area contributed by atoms with Crippen molar-refractivity contribution in [3.8, 4) is 23.1 Å². The van der Waals surface area contributed by atoms with Crippen LogP contribution in [-0.2, 0) is 6.54 Å². The van der Waals surface area contributed by atoms with Crippen LogP contribution in [0.15, 0.2) is 46.1 Å². The van der Waals surface area contributed by atoms with E-state index in [2.05, 4.69) is 43.0 Å². The van der Waals surface area contributed by atoms with Crippen LogP contribution in [0, 0.1) is 26.1 Å². The minimum Gasteiger partial charge on any atom is -0.493 e. The summed E-state index contributed by atoms with van der Waals surface area (Å²) in [6.07, 6.45) is 3.37. The number of nitrogens with one attached hydrogen (secondary N) is 1. The number of likely N-dealkylation sites (tertiary alicyclic amines) is 1. The predicted molar refractivity (Wildman–Crippen MR) is 155 cm³/mol. The van der Waals surface area contributed by atoms with E-state index >= 15 is 0 Å². The van der Waals surface area contributed by atoms with Crippen LogP contribution < -0.4 is 20.6 Å². The zero-order valence-corrected chi connectivity index (χ0v) is 24.0. The number of methoxy groups -OCH3 is 1. The lowest BCUT2D eigenvalue weighted by Crippen LogP contribution is -2.34. The molecule has 19 heteroatoms. The Balaban J connectivity index is 1.32. The molecule has 0 unspecified atom stereocenters. The first-order valence-electron chi connectivity index (χ1n) is 13.5. The van der Waals surface area contributed by atoms with Gasteiger partial charge in [0.1, 0.15) is 0 Å². The summed E-state index contributed by atoms with van der Waals surface area (Å²) in [6, 6.07) is 7.57. The number of carbonyl (C=O) groups excluding carboxylic acids is 1. The highest BCUT2D eigenvalue weighted by Crippen LogP contribution is 2.38. The summed E-state index contributed by atoms with van der Waals surface area (Å²) < 4.78 is 17.0. The van der Waals surface area contributed by atoms with Gasteiger partial charge in [-0.2, -0.15) is 9.78 Å². The molecule has 2 aromatic heterocycles. The number of piperidine rings is 1. The molecule has 0 atom stereocenters. The van der Waals surface area contributed by atoms with Crippen LogP contribution in [0.4, 0.5) is 17.2 Å². The van der Waals surface area contributed by atoms with Gasteiger partial charge in [-0.3, -0.25) is 29.9 Å². The molecule has 0 spiro atoms. The lowest BCUT2D eigenvalue weighted by atomic mass is 9.99. The quantitative estimate of drug-likeness (QED) is 0.139. The first-order chi connectivity index (χ1) is 21.6. The number of hydrazone groups is 1. The molecular weight excluding hydrogens is 594 g/mol. The standard InChI is InChI=1S/C26H27N11O8/c1-15-7-9-34(10-8-15)14-19-23(29-33-35(19)25-24(27)31-45-32-25)26(38)30-28-13-16-3-5-21(22(11-16)43-2)44-20-6-4-17(36(39)40)12-18(20)37(41)42/h3-6,11-13,15H,7-10,14H2,1-2H3,(H2,27,31)(H,30,38)/b28-13+. The molecule has 45 heavy (non-hydrogen) atoms. The smallest absolute Gasteiger partial charge is 0.318 e. The van der Waals surface area contributed by atoms with E-state index in [0.717, 1.165) is 44.1 Å². The SMILES string of the molecule is COc1cc(/C=N/NC(=O)c2nnn(-c3nonc3N)c2CN2CCC(C)CC2)ccc1Oc1ccc([N+](=O)[O-])cc1[N+](=O)[O-]. The molecule has 0 saturated carbocycles. The van der Waals surface area contributed by atoms with Crippen LogP contribution >= 0.6 is 0 Å². The van der Waals surface area contributed by atoms with Crippen molar-refractivity contribution >= 4 is 29.3 Å². The van der Waals surface area contributed by atoms with Gasteiger partial charge in [0.25, 0.3) is 11.6 Å². The number of anilines is 1. The number of ether oxygens (including phenoxy) is 2. The predicted octanol–water partition coefficient (Wildman–Crippen LogP) is 2.85. The summed E-state index contributed by atoms with van der Waals surface area (Å²) in [4.78, 5) is 36.3. The highest BCUT2D eigenvalue weighted by atomic mass is 16.6. The van der Waals surface area contributed by atoms with E-state index in [0.29, 0.717) is 23.7 Å². The number of non-ortho nitro benzene ring substituents is 1. The highest BCUT2D eigenvalue weighted by Gasteiger charge is 2.27. The van der Waals surface area contributed by atoms with Gasteiger partial charge in [0, 0.05) is 12.6 Å². The Hall–Kier alpha value is -5.98. The lowest BCUT2D eigenvalue weighted by Gasteiger charge is -2.30. The fourth-order valence-corrected chi connectivity index (χ4v) is 4.59. The summed E-state index contributed by atoms with van der Waals surface area (Å²) in [5, 5.41) is 42.0. The maximum Gasteiger partial charge on any atom is 0.318 e. The van der Waals surface area contributed by atoms with Crippen molar-refractivity contribution in [2.75, 3.05) is 25.9 Å². The molecule has 1 saturated heterocycles. The van der Waals surface area contributed by atoms with Crippen LogP contribution in [-0.4, -0.2) is 72.4 Å². The van der Waals surface area contributed by atoms with E-state index in [1.165, 1.54) is 30.1 Å². The second kappa shape index (κ2) is 13.1. The first-order valence-corrected chi connectivity index (χ1v) is 13.5. The molecule has 3 N–H and O–H groups in total. The van der Waals surface area contributed by atoms with Crippen LogP contribution in [0.1, 0.15) is 41.5 Å². The van der Waals surface area contributed by atoms with E-state index in [9.17, 15) is 25.0 Å². The molecule has 0 bridgehead atoms.